The number of hydrogen-bond donors (Lipinski definition) is 3. The summed E-state index contributed by atoms with van der Waals surface area (Å²) in [6.45, 7) is 6.63. The first-order chi connectivity index (χ1) is 14.6. The molecule has 0 aliphatic carbocycles. The third-order valence-corrected chi connectivity index (χ3v) is 5.31. The molecule has 0 aliphatic heterocycles. The number of anilines is 1. The molecule has 8 heteroatoms. The highest BCUT2D eigenvalue weighted by Gasteiger charge is 2.36. The summed E-state index contributed by atoms with van der Waals surface area (Å²) < 4.78 is 10.9. The molecule has 0 bridgehead atoms. The van der Waals surface area contributed by atoms with Crippen molar-refractivity contribution in [3.8, 4) is 5.75 Å². The molecule has 0 saturated heterocycles. The van der Waals surface area contributed by atoms with Gasteiger partial charge in [-0.15, -0.1) is 11.3 Å². The van der Waals surface area contributed by atoms with Gasteiger partial charge in [0.15, 0.2) is 0 Å². The number of hydrogen-bond acceptors (Lipinski definition) is 6. The summed E-state index contributed by atoms with van der Waals surface area (Å²) in [7, 11) is 0. The third-order valence-electron chi connectivity index (χ3n) is 4.37. The molecule has 1 heterocycles. The van der Waals surface area contributed by atoms with Crippen LogP contribution in [0.25, 0.3) is 0 Å². The maximum absolute atomic E-state index is 12.6. The largest absolute Gasteiger partial charge is 0.494 e. The van der Waals surface area contributed by atoms with Crippen LogP contribution in [0.4, 0.5) is 10.5 Å². The molecule has 31 heavy (non-hydrogen) atoms. The van der Waals surface area contributed by atoms with Gasteiger partial charge in [-0.1, -0.05) is 6.07 Å². The summed E-state index contributed by atoms with van der Waals surface area (Å²) in [5.74, 6) is 0.161. The van der Waals surface area contributed by atoms with Gasteiger partial charge < -0.3 is 25.2 Å². The molecule has 0 radical (unpaired) electrons. The zero-order chi connectivity index (χ0) is 22.9. The number of benzene rings is 1. The van der Waals surface area contributed by atoms with Crippen molar-refractivity contribution >= 4 is 29.0 Å². The van der Waals surface area contributed by atoms with Crippen molar-refractivity contribution in [1.82, 2.24) is 5.32 Å². The quantitative estimate of drug-likeness (QED) is 0.469. The van der Waals surface area contributed by atoms with Crippen molar-refractivity contribution in [1.29, 1.82) is 0 Å². The molecule has 0 aliphatic rings. The Labute approximate surface area is 187 Å². The number of amides is 2. The number of aliphatic hydroxyl groups is 1. The number of carbonyl (C=O) groups excluding carboxylic acids is 2. The molecule has 0 fully saturated rings. The molecule has 1 aromatic heterocycles. The maximum Gasteiger partial charge on any atom is 0.408 e. The van der Waals surface area contributed by atoms with E-state index in [1.807, 2.05) is 0 Å². The first kappa shape index (κ1) is 24.7. The summed E-state index contributed by atoms with van der Waals surface area (Å²) in [6.07, 6.45) is 2.31. The second-order valence-electron chi connectivity index (χ2n) is 8.48. The fraction of sp³-hybridized carbons (Fsp3) is 0.478. The molecule has 2 amide bonds. The summed E-state index contributed by atoms with van der Waals surface area (Å²) in [4.78, 5) is 26.0. The Bertz CT molecular complexity index is 831. The Morgan fingerprint density at radius 1 is 1.06 bits per heavy atom. The van der Waals surface area contributed by atoms with Crippen molar-refractivity contribution < 1.29 is 24.2 Å². The van der Waals surface area contributed by atoms with Crippen LogP contribution in [0, 0.1) is 0 Å². The van der Waals surface area contributed by atoms with Crippen molar-refractivity contribution in [2.45, 2.75) is 58.1 Å². The van der Waals surface area contributed by atoms with Gasteiger partial charge >= 0.3 is 6.09 Å². The number of aliphatic hydroxyl groups excluding tert-OH is 1. The predicted octanol–water partition coefficient (Wildman–Crippen LogP) is 4.36. The van der Waals surface area contributed by atoms with Gasteiger partial charge in [0.1, 0.15) is 16.9 Å². The van der Waals surface area contributed by atoms with Gasteiger partial charge in [-0.2, -0.15) is 0 Å². The Morgan fingerprint density at radius 3 is 2.35 bits per heavy atom. The molecular formula is C23H32N2O5S. The lowest BCUT2D eigenvalue weighted by atomic mass is 10.0. The van der Waals surface area contributed by atoms with E-state index in [-0.39, 0.29) is 0 Å². The summed E-state index contributed by atoms with van der Waals surface area (Å²) in [6, 6.07) is 11.2. The van der Waals surface area contributed by atoms with Gasteiger partial charge in [-0.3, -0.25) is 4.79 Å². The zero-order valence-corrected chi connectivity index (χ0v) is 19.4. The molecule has 7 nitrogen and oxygen atoms in total. The fourth-order valence-electron chi connectivity index (χ4n) is 2.65. The number of rotatable bonds is 10. The molecule has 1 atom stereocenters. The average Bonchev–Trinajstić information content (AvgIpc) is 3.20. The minimum absolute atomic E-state index is 0.528. The minimum atomic E-state index is -1.53. The number of aryl methyl sites for hydroxylation is 1. The second-order valence-corrected chi connectivity index (χ2v) is 9.51. The lowest BCUT2D eigenvalue weighted by Crippen LogP contribution is -2.58. The normalized spacial score (nSPS) is 13.2. The summed E-state index contributed by atoms with van der Waals surface area (Å²) >= 11 is 1.77. The van der Waals surface area contributed by atoms with E-state index >= 15 is 0 Å². The van der Waals surface area contributed by atoms with Crippen LogP contribution in [-0.2, 0) is 16.0 Å². The highest BCUT2D eigenvalue weighted by atomic mass is 32.1. The van der Waals surface area contributed by atoms with E-state index in [0.29, 0.717) is 18.0 Å². The van der Waals surface area contributed by atoms with Gasteiger partial charge in [0.2, 0.25) is 0 Å². The highest BCUT2D eigenvalue weighted by molar-refractivity contribution is 7.09. The Balaban J connectivity index is 1.80. The Morgan fingerprint density at radius 2 is 1.77 bits per heavy atom. The third kappa shape index (κ3) is 8.59. The monoisotopic (exact) mass is 448 g/mol. The number of thiophene rings is 1. The number of ether oxygens (including phenoxy) is 2. The molecule has 1 aromatic carbocycles. The SMILES string of the molecule is CC(C)(C)OC(=O)NC(C)(CO)C(=O)Nc1ccc(OCCCCc2cccs2)cc1. The van der Waals surface area contributed by atoms with Crippen LogP contribution in [0.2, 0.25) is 0 Å². The van der Waals surface area contributed by atoms with Crippen molar-refractivity contribution in [3.63, 3.8) is 0 Å². The summed E-state index contributed by atoms with van der Waals surface area (Å²) in [5.41, 5.74) is -1.71. The van der Waals surface area contributed by atoms with Crippen molar-refractivity contribution in [2.75, 3.05) is 18.5 Å². The van der Waals surface area contributed by atoms with Crippen molar-refractivity contribution in [3.05, 3.63) is 46.7 Å². The second kappa shape index (κ2) is 11.2. The lowest BCUT2D eigenvalue weighted by molar-refractivity contribution is -0.123. The predicted molar refractivity (Wildman–Crippen MR) is 123 cm³/mol. The van der Waals surface area contributed by atoms with Crippen LogP contribution < -0.4 is 15.4 Å². The molecular weight excluding hydrogens is 416 g/mol. The van der Waals surface area contributed by atoms with E-state index < -0.39 is 29.7 Å². The molecule has 1 unspecified atom stereocenters. The lowest BCUT2D eigenvalue weighted by Gasteiger charge is -2.29. The smallest absolute Gasteiger partial charge is 0.408 e. The van der Waals surface area contributed by atoms with Gasteiger partial charge in [-0.25, -0.2) is 4.79 Å². The number of nitrogens with one attached hydrogen (secondary N) is 2. The first-order valence-corrected chi connectivity index (χ1v) is 11.2. The minimum Gasteiger partial charge on any atom is -0.494 e. The zero-order valence-electron chi connectivity index (χ0n) is 18.6. The molecule has 170 valence electrons. The standard InChI is InChI=1S/C23H32N2O5S/c1-22(2,3)30-21(28)25-23(4,16-26)20(27)24-17-10-12-18(13-11-17)29-14-6-5-8-19-9-7-15-31-19/h7,9-13,15,26H,5-6,8,14,16H2,1-4H3,(H,24,27)(H,25,28). The van der Waals surface area contributed by atoms with Gasteiger partial charge in [0.25, 0.3) is 5.91 Å². The average molecular weight is 449 g/mol. The molecule has 2 rings (SSSR count). The maximum atomic E-state index is 12.6. The Kier molecular flexibility index (Phi) is 8.88. The van der Waals surface area contributed by atoms with Crippen LogP contribution in [-0.4, -0.2) is 41.5 Å². The number of unbranched alkanes of at least 4 members (excludes halogenated alkanes) is 1. The number of carbonyl (C=O) groups is 2. The fourth-order valence-corrected chi connectivity index (χ4v) is 3.40. The molecule has 0 spiro atoms. The van der Waals surface area contributed by atoms with Crippen LogP contribution in [0.1, 0.15) is 45.4 Å². The molecule has 3 N–H and O–H groups in total. The van der Waals surface area contributed by atoms with Gasteiger partial charge in [0, 0.05) is 10.6 Å². The van der Waals surface area contributed by atoms with E-state index in [4.69, 9.17) is 9.47 Å². The van der Waals surface area contributed by atoms with Crippen LogP contribution >= 0.6 is 11.3 Å². The van der Waals surface area contributed by atoms with E-state index in [2.05, 4.69) is 28.1 Å². The van der Waals surface area contributed by atoms with Gasteiger partial charge in [0.05, 0.1) is 13.2 Å². The molecule has 2 aromatic rings. The number of alkyl carbamates (subject to hydrolysis) is 1. The van der Waals surface area contributed by atoms with Crippen molar-refractivity contribution in [2.24, 2.45) is 0 Å². The summed E-state index contributed by atoms with van der Waals surface area (Å²) in [5, 5.41) is 16.9. The topological polar surface area (TPSA) is 96.9 Å². The highest BCUT2D eigenvalue weighted by Crippen LogP contribution is 2.19. The van der Waals surface area contributed by atoms with Gasteiger partial charge in [-0.05, 0) is 82.7 Å². The van der Waals surface area contributed by atoms with E-state index in [1.165, 1.54) is 11.8 Å². The van der Waals surface area contributed by atoms with E-state index in [0.717, 1.165) is 19.3 Å². The molecule has 0 saturated carbocycles. The first-order valence-electron chi connectivity index (χ1n) is 10.3. The van der Waals surface area contributed by atoms with E-state index in [9.17, 15) is 14.7 Å². The van der Waals surface area contributed by atoms with E-state index in [1.54, 1.807) is 56.4 Å². The van der Waals surface area contributed by atoms with Crippen LogP contribution in [0.15, 0.2) is 41.8 Å². The van der Waals surface area contributed by atoms with Crippen LogP contribution in [0.5, 0.6) is 5.75 Å². The van der Waals surface area contributed by atoms with Crippen LogP contribution in [0.3, 0.4) is 0 Å². The Hall–Kier alpha value is -2.58.